The molecule has 7 nitrogen and oxygen atoms in total. The van der Waals surface area contributed by atoms with Crippen molar-refractivity contribution in [3.8, 4) is 11.1 Å². The van der Waals surface area contributed by atoms with Gasteiger partial charge in [-0.05, 0) is 41.8 Å². The molecule has 0 radical (unpaired) electrons. The van der Waals surface area contributed by atoms with Crippen LogP contribution in [0.3, 0.4) is 0 Å². The smallest absolute Gasteiger partial charge is 0.129 e. The first-order valence-electron chi connectivity index (χ1n) is 11.2. The van der Waals surface area contributed by atoms with E-state index >= 15 is 0 Å². The molecule has 0 aliphatic carbocycles. The third kappa shape index (κ3) is 5.55. The second-order valence-electron chi connectivity index (χ2n) is 8.34. The highest BCUT2D eigenvalue weighted by Crippen LogP contribution is 2.25. The zero-order chi connectivity index (χ0) is 24.1. The lowest BCUT2D eigenvalue weighted by Gasteiger charge is -2.33. The highest BCUT2D eigenvalue weighted by molar-refractivity contribution is 6.32. The lowest BCUT2D eigenvalue weighted by Crippen LogP contribution is -2.44. The summed E-state index contributed by atoms with van der Waals surface area (Å²) in [6.45, 7) is 7.94. The number of nitrogens with one attached hydrogen (secondary N) is 1. The number of aryl methyl sites for hydroxylation is 1. The number of piperazine rings is 1. The van der Waals surface area contributed by atoms with E-state index in [0.29, 0.717) is 5.02 Å². The molecule has 8 heteroatoms. The van der Waals surface area contributed by atoms with Crippen LogP contribution < -0.4 is 10.2 Å². The number of hydrogen-bond acceptors (Lipinski definition) is 6. The van der Waals surface area contributed by atoms with Crippen LogP contribution in [0.2, 0.25) is 5.02 Å². The molecule has 0 saturated carbocycles. The SMILES string of the molecule is C=Cc1cc(N2CCN(C)CC2)ncc1Cl.CNc1cc2cc(-c3cnn(C)c3)ccc2cn1. The van der Waals surface area contributed by atoms with Gasteiger partial charge in [-0.3, -0.25) is 4.68 Å². The topological polar surface area (TPSA) is 62.1 Å². The molecule has 1 aromatic carbocycles. The predicted molar refractivity (Wildman–Crippen MR) is 143 cm³/mol. The van der Waals surface area contributed by atoms with Crippen LogP contribution in [-0.4, -0.2) is 64.9 Å². The minimum Gasteiger partial charge on any atom is -0.373 e. The number of rotatable bonds is 4. The summed E-state index contributed by atoms with van der Waals surface area (Å²) in [5.41, 5.74) is 3.25. The lowest BCUT2D eigenvalue weighted by molar-refractivity contribution is 0.312. The summed E-state index contributed by atoms with van der Waals surface area (Å²) in [7, 11) is 5.94. The third-order valence-electron chi connectivity index (χ3n) is 5.93. The number of nitrogens with zero attached hydrogens (tertiary/aromatic N) is 6. The number of hydrogen-bond donors (Lipinski definition) is 1. The van der Waals surface area contributed by atoms with Crippen molar-refractivity contribution in [2.45, 2.75) is 0 Å². The van der Waals surface area contributed by atoms with E-state index in [2.05, 4.69) is 68.1 Å². The summed E-state index contributed by atoms with van der Waals surface area (Å²) in [5.74, 6) is 1.87. The van der Waals surface area contributed by atoms with Crippen molar-refractivity contribution in [2.75, 3.05) is 50.5 Å². The Morgan fingerprint density at radius 1 is 0.941 bits per heavy atom. The van der Waals surface area contributed by atoms with Gasteiger partial charge < -0.3 is 15.1 Å². The van der Waals surface area contributed by atoms with Crippen molar-refractivity contribution in [2.24, 2.45) is 7.05 Å². The summed E-state index contributed by atoms with van der Waals surface area (Å²) in [6.07, 6.45) is 9.24. The largest absolute Gasteiger partial charge is 0.373 e. The molecule has 0 spiro atoms. The average Bonchev–Trinajstić information content (AvgIpc) is 3.31. The fraction of sp³-hybridized carbons (Fsp3) is 0.269. The monoisotopic (exact) mass is 475 g/mol. The molecule has 0 bridgehead atoms. The molecule has 176 valence electrons. The van der Waals surface area contributed by atoms with Crippen LogP contribution >= 0.6 is 11.6 Å². The molecule has 4 aromatic rings. The maximum Gasteiger partial charge on any atom is 0.129 e. The van der Waals surface area contributed by atoms with Crippen LogP contribution in [0.1, 0.15) is 5.56 Å². The maximum absolute atomic E-state index is 6.00. The quantitative estimate of drug-likeness (QED) is 0.457. The second-order valence-corrected chi connectivity index (χ2v) is 8.75. The van der Waals surface area contributed by atoms with Crippen molar-refractivity contribution < 1.29 is 0 Å². The van der Waals surface area contributed by atoms with E-state index in [0.717, 1.165) is 54.3 Å². The number of aromatic nitrogens is 4. The molecule has 0 unspecified atom stereocenters. The van der Waals surface area contributed by atoms with Gasteiger partial charge in [-0.2, -0.15) is 5.10 Å². The Bertz CT molecular complexity index is 1280. The Balaban J connectivity index is 0.000000162. The van der Waals surface area contributed by atoms with E-state index < -0.39 is 0 Å². The number of fused-ring (bicyclic) bond motifs is 1. The highest BCUT2D eigenvalue weighted by Gasteiger charge is 2.15. The molecule has 5 rings (SSSR count). The zero-order valence-corrected chi connectivity index (χ0v) is 20.6. The van der Waals surface area contributed by atoms with Gasteiger partial charge in [0, 0.05) is 69.8 Å². The van der Waals surface area contributed by atoms with Gasteiger partial charge in [0.25, 0.3) is 0 Å². The molecule has 34 heavy (non-hydrogen) atoms. The Labute approximate surface area is 205 Å². The Morgan fingerprint density at radius 3 is 2.41 bits per heavy atom. The molecule has 1 saturated heterocycles. The first-order valence-corrected chi connectivity index (χ1v) is 11.6. The number of likely N-dealkylation sites (N-methyl/N-ethyl adjacent to an activating group) is 1. The Morgan fingerprint density at radius 2 is 1.74 bits per heavy atom. The van der Waals surface area contributed by atoms with Crippen molar-refractivity contribution >= 4 is 40.1 Å². The lowest BCUT2D eigenvalue weighted by atomic mass is 10.1. The molecule has 4 heterocycles. The molecular weight excluding hydrogens is 446 g/mol. The van der Waals surface area contributed by atoms with Gasteiger partial charge in [0.2, 0.25) is 0 Å². The first kappa shape index (κ1) is 23.7. The van der Waals surface area contributed by atoms with Gasteiger partial charge in [0.05, 0.1) is 11.2 Å². The van der Waals surface area contributed by atoms with E-state index in [1.54, 1.807) is 12.3 Å². The average molecular weight is 476 g/mol. The molecule has 0 amide bonds. The van der Waals surface area contributed by atoms with Crippen LogP contribution in [0.5, 0.6) is 0 Å². The number of pyridine rings is 2. The van der Waals surface area contributed by atoms with Gasteiger partial charge in [-0.15, -0.1) is 0 Å². The predicted octanol–water partition coefficient (Wildman–Crippen LogP) is 4.81. The van der Waals surface area contributed by atoms with Gasteiger partial charge in [-0.25, -0.2) is 9.97 Å². The summed E-state index contributed by atoms with van der Waals surface area (Å²) in [5, 5.41) is 10.2. The normalized spacial score (nSPS) is 13.9. The molecule has 3 aromatic heterocycles. The minimum atomic E-state index is 0.660. The number of anilines is 2. The second kappa shape index (κ2) is 10.7. The maximum atomic E-state index is 6.00. The van der Waals surface area contributed by atoms with E-state index in [4.69, 9.17) is 11.6 Å². The summed E-state index contributed by atoms with van der Waals surface area (Å²) < 4.78 is 1.81. The van der Waals surface area contributed by atoms with E-state index in [1.807, 2.05) is 43.4 Å². The minimum absolute atomic E-state index is 0.660. The Kier molecular flexibility index (Phi) is 7.45. The van der Waals surface area contributed by atoms with Crippen molar-refractivity contribution in [1.29, 1.82) is 0 Å². The van der Waals surface area contributed by atoms with E-state index in [9.17, 15) is 0 Å². The van der Waals surface area contributed by atoms with Gasteiger partial charge in [-0.1, -0.05) is 36.4 Å². The van der Waals surface area contributed by atoms with Crippen LogP contribution in [0.4, 0.5) is 11.6 Å². The van der Waals surface area contributed by atoms with Crippen molar-refractivity contribution in [1.82, 2.24) is 24.6 Å². The molecule has 1 N–H and O–H groups in total. The van der Waals surface area contributed by atoms with Crippen LogP contribution in [0.15, 0.2) is 61.7 Å². The van der Waals surface area contributed by atoms with Crippen molar-refractivity contribution in [3.05, 3.63) is 72.3 Å². The molecule has 1 aliphatic rings. The Hall–Kier alpha value is -3.42. The zero-order valence-electron chi connectivity index (χ0n) is 19.9. The fourth-order valence-corrected chi connectivity index (χ4v) is 4.02. The number of benzene rings is 1. The van der Waals surface area contributed by atoms with Gasteiger partial charge in [0.1, 0.15) is 11.6 Å². The molecular formula is C26H30ClN7. The van der Waals surface area contributed by atoms with Gasteiger partial charge in [0.15, 0.2) is 0 Å². The number of halogens is 1. The van der Waals surface area contributed by atoms with E-state index in [-0.39, 0.29) is 0 Å². The molecule has 1 fully saturated rings. The first-order chi connectivity index (χ1) is 16.5. The van der Waals surface area contributed by atoms with Crippen LogP contribution in [-0.2, 0) is 7.05 Å². The summed E-state index contributed by atoms with van der Waals surface area (Å²) in [4.78, 5) is 13.3. The summed E-state index contributed by atoms with van der Waals surface area (Å²) >= 11 is 6.00. The highest BCUT2D eigenvalue weighted by atomic mass is 35.5. The molecule has 0 atom stereocenters. The summed E-state index contributed by atoms with van der Waals surface area (Å²) in [6, 6.07) is 10.4. The van der Waals surface area contributed by atoms with Gasteiger partial charge >= 0.3 is 0 Å². The standard InChI is InChI=1S/C14H14N4.C12H16ClN3/c1-15-14-6-12-5-10(3-4-11(12)7-16-14)13-8-17-18(2)9-13;1-3-10-8-12(14-9-11(10)13)16-6-4-15(2)5-7-16/h3-9H,1-2H3,(H,15,16);3,8-9H,1,4-7H2,2H3. The molecule has 1 aliphatic heterocycles. The van der Waals surface area contributed by atoms with Crippen LogP contribution in [0, 0.1) is 0 Å². The van der Waals surface area contributed by atoms with E-state index in [1.165, 1.54) is 10.9 Å². The third-order valence-corrected chi connectivity index (χ3v) is 6.25. The fourth-order valence-electron chi connectivity index (χ4n) is 3.84. The van der Waals surface area contributed by atoms with Crippen molar-refractivity contribution in [3.63, 3.8) is 0 Å². The van der Waals surface area contributed by atoms with Crippen LogP contribution in [0.25, 0.3) is 28.0 Å².